The second-order valence-electron chi connectivity index (χ2n) is 3.75. The van der Waals surface area contributed by atoms with Crippen molar-refractivity contribution in [3.05, 3.63) is 23.0 Å². The van der Waals surface area contributed by atoms with Crippen molar-refractivity contribution in [1.82, 2.24) is 9.97 Å². The van der Waals surface area contributed by atoms with Crippen molar-refractivity contribution in [2.24, 2.45) is 0 Å². The molecule has 0 saturated carbocycles. The number of nitrogen functional groups attached to an aromatic ring is 1. The van der Waals surface area contributed by atoms with Crippen LogP contribution in [0.1, 0.15) is 36.2 Å². The first-order valence-electron chi connectivity index (χ1n) is 4.98. The van der Waals surface area contributed by atoms with Crippen molar-refractivity contribution in [3.63, 3.8) is 0 Å². The summed E-state index contributed by atoms with van der Waals surface area (Å²) in [6.07, 6.45) is 5.86. The Kier molecular flexibility index (Phi) is 2.23. The molecule has 0 aliphatic heterocycles. The standard InChI is InChI=1S/C11H15N3/c1-7-10(9-5-3-4-6-9)8(2)14-11(12)13-7/h5H,3-4,6H2,1-2H3,(H2,12,13,14). The van der Waals surface area contributed by atoms with Gasteiger partial charge in [0.15, 0.2) is 0 Å². The van der Waals surface area contributed by atoms with E-state index in [0.717, 1.165) is 17.8 Å². The van der Waals surface area contributed by atoms with Crippen LogP contribution in [0, 0.1) is 13.8 Å². The van der Waals surface area contributed by atoms with Gasteiger partial charge in [0.2, 0.25) is 5.95 Å². The Morgan fingerprint density at radius 3 is 2.36 bits per heavy atom. The van der Waals surface area contributed by atoms with Crippen molar-refractivity contribution in [2.45, 2.75) is 33.1 Å². The SMILES string of the molecule is Cc1nc(N)nc(C)c1C1=CCCC1. The number of aryl methyl sites for hydroxylation is 2. The van der Waals surface area contributed by atoms with Crippen molar-refractivity contribution < 1.29 is 0 Å². The second-order valence-corrected chi connectivity index (χ2v) is 3.75. The molecule has 2 rings (SSSR count). The maximum atomic E-state index is 5.59. The zero-order chi connectivity index (χ0) is 10.1. The Morgan fingerprint density at radius 2 is 1.86 bits per heavy atom. The lowest BCUT2D eigenvalue weighted by atomic mass is 10.0. The van der Waals surface area contributed by atoms with Gasteiger partial charge in [-0.05, 0) is 38.7 Å². The van der Waals surface area contributed by atoms with Crippen LogP contribution in [0.2, 0.25) is 0 Å². The van der Waals surface area contributed by atoms with E-state index in [1.807, 2.05) is 13.8 Å². The van der Waals surface area contributed by atoms with Gasteiger partial charge in [0.25, 0.3) is 0 Å². The number of anilines is 1. The quantitative estimate of drug-likeness (QED) is 0.737. The van der Waals surface area contributed by atoms with E-state index in [4.69, 9.17) is 5.73 Å². The first-order chi connectivity index (χ1) is 6.68. The zero-order valence-electron chi connectivity index (χ0n) is 8.67. The van der Waals surface area contributed by atoms with Crippen LogP contribution in [0.4, 0.5) is 5.95 Å². The molecule has 0 aromatic carbocycles. The van der Waals surface area contributed by atoms with Gasteiger partial charge in [0, 0.05) is 5.56 Å². The Labute approximate surface area is 84.1 Å². The molecule has 0 amide bonds. The molecular weight excluding hydrogens is 174 g/mol. The lowest BCUT2D eigenvalue weighted by molar-refractivity contribution is 0.930. The van der Waals surface area contributed by atoms with E-state index in [0.29, 0.717) is 5.95 Å². The van der Waals surface area contributed by atoms with Crippen LogP contribution in [0.25, 0.3) is 5.57 Å². The highest BCUT2D eigenvalue weighted by Crippen LogP contribution is 2.30. The van der Waals surface area contributed by atoms with Gasteiger partial charge in [-0.25, -0.2) is 9.97 Å². The third kappa shape index (κ3) is 1.50. The number of hydrogen-bond acceptors (Lipinski definition) is 3. The summed E-state index contributed by atoms with van der Waals surface area (Å²) in [6, 6.07) is 0. The summed E-state index contributed by atoms with van der Waals surface area (Å²) < 4.78 is 0. The molecule has 0 bridgehead atoms. The monoisotopic (exact) mass is 189 g/mol. The summed E-state index contributed by atoms with van der Waals surface area (Å²) in [5.74, 6) is 0.377. The van der Waals surface area contributed by atoms with Gasteiger partial charge in [-0.15, -0.1) is 0 Å². The largest absolute Gasteiger partial charge is 0.368 e. The lowest BCUT2D eigenvalue weighted by Gasteiger charge is -2.09. The van der Waals surface area contributed by atoms with E-state index in [1.165, 1.54) is 24.0 Å². The fourth-order valence-corrected chi connectivity index (χ4v) is 2.10. The molecule has 3 nitrogen and oxygen atoms in total. The molecule has 0 spiro atoms. The molecule has 3 heteroatoms. The summed E-state index contributed by atoms with van der Waals surface area (Å²) in [6.45, 7) is 4.00. The van der Waals surface area contributed by atoms with E-state index in [1.54, 1.807) is 0 Å². The van der Waals surface area contributed by atoms with Crippen LogP contribution >= 0.6 is 0 Å². The maximum absolute atomic E-state index is 5.59. The van der Waals surface area contributed by atoms with Crippen LogP contribution in [0.15, 0.2) is 6.08 Å². The molecule has 0 radical (unpaired) electrons. The number of nitrogens with two attached hydrogens (primary N) is 1. The van der Waals surface area contributed by atoms with E-state index in [2.05, 4.69) is 16.0 Å². The van der Waals surface area contributed by atoms with Crippen LogP contribution < -0.4 is 5.73 Å². The Bertz CT molecular complexity index is 371. The minimum Gasteiger partial charge on any atom is -0.368 e. The molecule has 0 unspecified atom stereocenters. The van der Waals surface area contributed by atoms with Gasteiger partial charge in [0.05, 0.1) is 11.4 Å². The molecule has 0 saturated heterocycles. The maximum Gasteiger partial charge on any atom is 0.220 e. The van der Waals surface area contributed by atoms with Crippen molar-refractivity contribution in [2.75, 3.05) is 5.73 Å². The highest BCUT2D eigenvalue weighted by molar-refractivity contribution is 5.70. The van der Waals surface area contributed by atoms with Gasteiger partial charge in [-0.3, -0.25) is 0 Å². The van der Waals surface area contributed by atoms with Gasteiger partial charge in [-0.2, -0.15) is 0 Å². The molecule has 1 aliphatic rings. The summed E-state index contributed by atoms with van der Waals surface area (Å²) in [7, 11) is 0. The van der Waals surface area contributed by atoms with Gasteiger partial charge in [0.1, 0.15) is 0 Å². The average Bonchev–Trinajstić information content (AvgIpc) is 2.54. The highest BCUT2D eigenvalue weighted by atomic mass is 15.0. The van der Waals surface area contributed by atoms with Crippen LogP contribution in [-0.2, 0) is 0 Å². The van der Waals surface area contributed by atoms with Crippen LogP contribution in [-0.4, -0.2) is 9.97 Å². The smallest absolute Gasteiger partial charge is 0.220 e. The van der Waals surface area contributed by atoms with Crippen LogP contribution in [0.5, 0.6) is 0 Å². The summed E-state index contributed by atoms with van der Waals surface area (Å²) in [4.78, 5) is 8.41. The normalized spacial score (nSPS) is 15.7. The van der Waals surface area contributed by atoms with Gasteiger partial charge in [-0.1, -0.05) is 6.08 Å². The molecular formula is C11H15N3. The van der Waals surface area contributed by atoms with Gasteiger partial charge >= 0.3 is 0 Å². The molecule has 1 aliphatic carbocycles. The Balaban J connectivity index is 2.52. The lowest BCUT2D eigenvalue weighted by Crippen LogP contribution is -2.03. The predicted molar refractivity (Wildman–Crippen MR) is 57.7 cm³/mol. The second kappa shape index (κ2) is 3.40. The van der Waals surface area contributed by atoms with E-state index in [-0.39, 0.29) is 0 Å². The number of nitrogens with zero attached hydrogens (tertiary/aromatic N) is 2. The van der Waals surface area contributed by atoms with E-state index in [9.17, 15) is 0 Å². The molecule has 0 fully saturated rings. The van der Waals surface area contributed by atoms with E-state index < -0.39 is 0 Å². The number of allylic oxidation sites excluding steroid dienone is 2. The molecule has 74 valence electrons. The highest BCUT2D eigenvalue weighted by Gasteiger charge is 2.14. The topological polar surface area (TPSA) is 51.8 Å². The Hall–Kier alpha value is -1.38. The first-order valence-corrected chi connectivity index (χ1v) is 4.98. The number of aromatic nitrogens is 2. The fraction of sp³-hybridized carbons (Fsp3) is 0.455. The number of hydrogen-bond donors (Lipinski definition) is 1. The zero-order valence-corrected chi connectivity index (χ0v) is 8.67. The predicted octanol–water partition coefficient (Wildman–Crippen LogP) is 2.24. The first kappa shape index (κ1) is 9.19. The molecule has 2 N–H and O–H groups in total. The number of rotatable bonds is 1. The molecule has 1 aromatic rings. The molecule has 14 heavy (non-hydrogen) atoms. The minimum atomic E-state index is 0.377. The molecule has 0 atom stereocenters. The van der Waals surface area contributed by atoms with E-state index >= 15 is 0 Å². The van der Waals surface area contributed by atoms with Gasteiger partial charge < -0.3 is 5.73 Å². The van der Waals surface area contributed by atoms with Crippen molar-refractivity contribution in [3.8, 4) is 0 Å². The van der Waals surface area contributed by atoms with Crippen molar-refractivity contribution >= 4 is 11.5 Å². The Morgan fingerprint density at radius 1 is 1.21 bits per heavy atom. The molecule has 1 aromatic heterocycles. The van der Waals surface area contributed by atoms with Crippen LogP contribution in [0.3, 0.4) is 0 Å². The van der Waals surface area contributed by atoms with Crippen molar-refractivity contribution in [1.29, 1.82) is 0 Å². The molecule has 1 heterocycles. The summed E-state index contributed by atoms with van der Waals surface area (Å²) in [5, 5.41) is 0. The fourth-order valence-electron chi connectivity index (χ4n) is 2.10. The minimum absolute atomic E-state index is 0.377. The average molecular weight is 189 g/mol. The summed E-state index contributed by atoms with van der Waals surface area (Å²) >= 11 is 0. The third-order valence-electron chi connectivity index (χ3n) is 2.65. The summed E-state index contributed by atoms with van der Waals surface area (Å²) in [5.41, 5.74) is 10.2. The third-order valence-corrected chi connectivity index (χ3v) is 2.65.